The van der Waals surface area contributed by atoms with Crippen molar-refractivity contribution in [2.75, 3.05) is 12.4 Å². The molecular formula is C8H16O5S. The van der Waals surface area contributed by atoms with E-state index in [1.807, 2.05) is 6.92 Å². The highest BCUT2D eigenvalue weighted by Gasteiger charge is 2.43. The van der Waals surface area contributed by atoms with Crippen LogP contribution >= 0.6 is 11.8 Å². The summed E-state index contributed by atoms with van der Waals surface area (Å²) in [6.07, 6.45) is -4.43. The van der Waals surface area contributed by atoms with Gasteiger partial charge in [0, 0.05) is 0 Å². The molecule has 6 heteroatoms. The Hall–Kier alpha value is 0.150. The Morgan fingerprint density at radius 1 is 1.14 bits per heavy atom. The minimum absolute atomic E-state index is 0.369. The Morgan fingerprint density at radius 2 is 1.79 bits per heavy atom. The molecule has 5 unspecified atom stereocenters. The molecule has 1 saturated heterocycles. The highest BCUT2D eigenvalue weighted by Crippen LogP contribution is 2.27. The topological polar surface area (TPSA) is 90.2 Å². The van der Waals surface area contributed by atoms with E-state index in [9.17, 15) is 15.3 Å². The van der Waals surface area contributed by atoms with Crippen LogP contribution in [0.2, 0.25) is 0 Å². The lowest BCUT2D eigenvalue weighted by Crippen LogP contribution is -2.57. The van der Waals surface area contributed by atoms with Crippen molar-refractivity contribution in [3.8, 4) is 0 Å². The molecule has 14 heavy (non-hydrogen) atoms. The van der Waals surface area contributed by atoms with Crippen molar-refractivity contribution in [2.45, 2.75) is 36.8 Å². The molecule has 1 fully saturated rings. The molecule has 1 heterocycles. The van der Waals surface area contributed by atoms with E-state index < -0.39 is 29.9 Å². The van der Waals surface area contributed by atoms with Gasteiger partial charge < -0.3 is 25.2 Å². The zero-order chi connectivity index (χ0) is 10.7. The van der Waals surface area contributed by atoms with E-state index in [-0.39, 0.29) is 6.61 Å². The molecular weight excluding hydrogens is 208 g/mol. The van der Waals surface area contributed by atoms with Crippen LogP contribution in [0.3, 0.4) is 0 Å². The van der Waals surface area contributed by atoms with Crippen LogP contribution < -0.4 is 0 Å². The van der Waals surface area contributed by atoms with Gasteiger partial charge in [-0.1, -0.05) is 6.92 Å². The fourth-order valence-electron chi connectivity index (χ4n) is 1.37. The maximum atomic E-state index is 9.51. The third kappa shape index (κ3) is 2.39. The number of aliphatic hydroxyl groups excluding tert-OH is 4. The molecule has 0 aromatic rings. The lowest BCUT2D eigenvalue weighted by molar-refractivity contribution is -0.205. The number of hydrogen-bond acceptors (Lipinski definition) is 6. The number of ether oxygens (including phenoxy) is 1. The second kappa shape index (κ2) is 5.29. The molecule has 84 valence electrons. The number of aliphatic hydroxyl groups is 4. The summed E-state index contributed by atoms with van der Waals surface area (Å²) in [6, 6.07) is 0. The van der Waals surface area contributed by atoms with Gasteiger partial charge in [-0.05, 0) is 5.75 Å². The SMILES string of the molecule is CCSC1OC(CO)C(O)C(O)C1O. The quantitative estimate of drug-likeness (QED) is 0.468. The number of rotatable bonds is 3. The lowest BCUT2D eigenvalue weighted by Gasteiger charge is -2.39. The normalized spacial score (nSPS) is 43.9. The van der Waals surface area contributed by atoms with Crippen molar-refractivity contribution in [3.05, 3.63) is 0 Å². The smallest absolute Gasteiger partial charge is 0.132 e. The molecule has 1 aliphatic heterocycles. The van der Waals surface area contributed by atoms with Crippen molar-refractivity contribution in [3.63, 3.8) is 0 Å². The van der Waals surface area contributed by atoms with Crippen LogP contribution in [0.15, 0.2) is 0 Å². The molecule has 0 aliphatic carbocycles. The Bertz CT molecular complexity index is 175. The van der Waals surface area contributed by atoms with Gasteiger partial charge in [-0.3, -0.25) is 0 Å². The molecule has 0 radical (unpaired) electrons. The predicted molar refractivity (Wildman–Crippen MR) is 51.9 cm³/mol. The van der Waals surface area contributed by atoms with Crippen molar-refractivity contribution in [1.29, 1.82) is 0 Å². The molecule has 0 amide bonds. The van der Waals surface area contributed by atoms with Crippen LogP contribution in [-0.2, 0) is 4.74 Å². The van der Waals surface area contributed by atoms with Crippen LogP contribution in [0.5, 0.6) is 0 Å². The summed E-state index contributed by atoms with van der Waals surface area (Å²) in [5.41, 5.74) is -0.587. The predicted octanol–water partition coefficient (Wildman–Crippen LogP) is -1.46. The highest BCUT2D eigenvalue weighted by molar-refractivity contribution is 7.99. The fourth-order valence-corrected chi connectivity index (χ4v) is 2.28. The van der Waals surface area contributed by atoms with Gasteiger partial charge in [0.1, 0.15) is 29.9 Å². The fraction of sp³-hybridized carbons (Fsp3) is 1.00. The third-order valence-corrected chi connectivity index (χ3v) is 3.23. The monoisotopic (exact) mass is 224 g/mol. The minimum Gasteiger partial charge on any atom is -0.394 e. The Kier molecular flexibility index (Phi) is 4.62. The van der Waals surface area contributed by atoms with Gasteiger partial charge in [-0.25, -0.2) is 0 Å². The van der Waals surface area contributed by atoms with Crippen molar-refractivity contribution >= 4 is 11.8 Å². The maximum Gasteiger partial charge on any atom is 0.132 e. The van der Waals surface area contributed by atoms with Crippen LogP contribution in [0.4, 0.5) is 0 Å². The Morgan fingerprint density at radius 3 is 2.29 bits per heavy atom. The first-order chi connectivity index (χ1) is 6.61. The summed E-state index contributed by atoms with van der Waals surface area (Å²) in [5.74, 6) is 0.725. The number of thioether (sulfide) groups is 1. The summed E-state index contributed by atoms with van der Waals surface area (Å²) in [4.78, 5) is 0. The number of hydrogen-bond donors (Lipinski definition) is 4. The van der Waals surface area contributed by atoms with Gasteiger partial charge in [-0.2, -0.15) is 0 Å². The van der Waals surface area contributed by atoms with Crippen LogP contribution in [0.25, 0.3) is 0 Å². The molecule has 5 nitrogen and oxygen atoms in total. The molecule has 0 saturated carbocycles. The van der Waals surface area contributed by atoms with E-state index >= 15 is 0 Å². The highest BCUT2D eigenvalue weighted by atomic mass is 32.2. The van der Waals surface area contributed by atoms with E-state index in [0.29, 0.717) is 0 Å². The Labute approximate surface area is 86.7 Å². The average molecular weight is 224 g/mol. The molecule has 0 bridgehead atoms. The van der Waals surface area contributed by atoms with E-state index in [1.165, 1.54) is 11.8 Å². The summed E-state index contributed by atoms with van der Waals surface area (Å²) in [6.45, 7) is 1.53. The summed E-state index contributed by atoms with van der Waals surface area (Å²) >= 11 is 1.33. The van der Waals surface area contributed by atoms with Gasteiger partial charge in [0.2, 0.25) is 0 Å². The molecule has 1 aliphatic rings. The first-order valence-corrected chi connectivity index (χ1v) is 5.58. The second-order valence-electron chi connectivity index (χ2n) is 3.15. The molecule has 0 aromatic carbocycles. The summed E-state index contributed by atoms with van der Waals surface area (Å²) in [7, 11) is 0. The first-order valence-electron chi connectivity index (χ1n) is 4.54. The minimum atomic E-state index is -1.26. The summed E-state index contributed by atoms with van der Waals surface area (Å²) in [5, 5.41) is 37.2. The Balaban J connectivity index is 2.63. The van der Waals surface area contributed by atoms with Gasteiger partial charge in [0.15, 0.2) is 0 Å². The molecule has 0 spiro atoms. The molecule has 0 aromatic heterocycles. The van der Waals surface area contributed by atoms with E-state index in [4.69, 9.17) is 9.84 Å². The van der Waals surface area contributed by atoms with Crippen LogP contribution in [0.1, 0.15) is 6.92 Å². The molecule has 1 rings (SSSR count). The van der Waals surface area contributed by atoms with Crippen LogP contribution in [0, 0.1) is 0 Å². The van der Waals surface area contributed by atoms with Crippen molar-refractivity contribution in [1.82, 2.24) is 0 Å². The van der Waals surface area contributed by atoms with E-state index in [2.05, 4.69) is 0 Å². The van der Waals surface area contributed by atoms with Gasteiger partial charge >= 0.3 is 0 Å². The molecule has 5 atom stereocenters. The third-order valence-electron chi connectivity index (χ3n) is 2.18. The van der Waals surface area contributed by atoms with E-state index in [1.54, 1.807) is 0 Å². The second-order valence-corrected chi connectivity index (χ2v) is 4.53. The largest absolute Gasteiger partial charge is 0.394 e. The summed E-state index contributed by atoms with van der Waals surface area (Å²) < 4.78 is 5.22. The van der Waals surface area contributed by atoms with Crippen molar-refractivity contribution in [2.24, 2.45) is 0 Å². The van der Waals surface area contributed by atoms with Gasteiger partial charge in [0.25, 0.3) is 0 Å². The molecule has 4 N–H and O–H groups in total. The lowest BCUT2D eigenvalue weighted by atomic mass is 10.0. The van der Waals surface area contributed by atoms with Gasteiger partial charge in [-0.15, -0.1) is 11.8 Å². The maximum absolute atomic E-state index is 9.51. The standard InChI is InChI=1S/C8H16O5S/c1-2-14-8-7(12)6(11)5(10)4(3-9)13-8/h4-12H,2-3H2,1H3. The van der Waals surface area contributed by atoms with Gasteiger partial charge in [0.05, 0.1) is 6.61 Å². The average Bonchev–Trinajstić information content (AvgIpc) is 2.19. The zero-order valence-corrected chi connectivity index (χ0v) is 8.72. The zero-order valence-electron chi connectivity index (χ0n) is 7.91. The van der Waals surface area contributed by atoms with Crippen molar-refractivity contribution < 1.29 is 25.2 Å². The first kappa shape index (κ1) is 12.2. The van der Waals surface area contributed by atoms with Crippen LogP contribution in [-0.4, -0.2) is 62.6 Å². The van der Waals surface area contributed by atoms with E-state index in [0.717, 1.165) is 5.75 Å².